The SMILES string of the molecule is CC(C)(C)OC(=O)CSc1nccc(C(F)(F)F)n1. The highest BCUT2D eigenvalue weighted by Crippen LogP contribution is 2.28. The molecule has 8 heteroatoms. The minimum Gasteiger partial charge on any atom is -0.459 e. The first kappa shape index (κ1) is 15.7. The number of rotatable bonds is 3. The van der Waals surface area contributed by atoms with Gasteiger partial charge in [0, 0.05) is 6.20 Å². The summed E-state index contributed by atoms with van der Waals surface area (Å²) in [6.45, 7) is 5.11. The van der Waals surface area contributed by atoms with Crippen LogP contribution in [0.3, 0.4) is 0 Å². The Morgan fingerprint density at radius 3 is 2.53 bits per heavy atom. The molecule has 0 saturated heterocycles. The van der Waals surface area contributed by atoms with Gasteiger partial charge in [-0.1, -0.05) is 11.8 Å². The van der Waals surface area contributed by atoms with Crippen LogP contribution in [-0.4, -0.2) is 27.3 Å². The predicted octanol–water partition coefficient (Wildman–Crippen LogP) is 2.93. The molecular formula is C11H13F3N2O2S. The molecule has 0 radical (unpaired) electrons. The van der Waals surface area contributed by atoms with Crippen molar-refractivity contribution >= 4 is 17.7 Å². The minimum absolute atomic E-state index is 0.110. The molecule has 1 rings (SSSR count). The van der Waals surface area contributed by atoms with Crippen LogP contribution >= 0.6 is 11.8 Å². The van der Waals surface area contributed by atoms with E-state index in [-0.39, 0.29) is 10.9 Å². The summed E-state index contributed by atoms with van der Waals surface area (Å²) in [5.41, 5.74) is -1.67. The number of ether oxygens (including phenoxy) is 1. The lowest BCUT2D eigenvalue weighted by molar-refractivity contribution is -0.151. The summed E-state index contributed by atoms with van der Waals surface area (Å²) in [7, 11) is 0. The van der Waals surface area contributed by atoms with E-state index < -0.39 is 23.4 Å². The third-order valence-corrected chi connectivity index (χ3v) is 2.50. The number of carbonyl (C=O) groups excluding carboxylic acids is 1. The molecule has 0 saturated carbocycles. The Bertz CT molecular complexity index is 458. The van der Waals surface area contributed by atoms with Gasteiger partial charge in [0.2, 0.25) is 0 Å². The van der Waals surface area contributed by atoms with Gasteiger partial charge >= 0.3 is 12.1 Å². The van der Waals surface area contributed by atoms with Gasteiger partial charge < -0.3 is 4.74 Å². The van der Waals surface area contributed by atoms with Gasteiger partial charge in [-0.25, -0.2) is 9.97 Å². The van der Waals surface area contributed by atoms with Crippen LogP contribution in [0.25, 0.3) is 0 Å². The molecule has 0 aliphatic rings. The fraction of sp³-hybridized carbons (Fsp3) is 0.545. The van der Waals surface area contributed by atoms with Crippen LogP contribution in [0.4, 0.5) is 13.2 Å². The average Bonchev–Trinajstić information content (AvgIpc) is 2.23. The molecule has 19 heavy (non-hydrogen) atoms. The number of thioether (sulfide) groups is 1. The standard InChI is InChI=1S/C11H13F3N2O2S/c1-10(2,3)18-8(17)6-19-9-15-5-4-7(16-9)11(12,13)14/h4-5H,6H2,1-3H3. The molecule has 0 atom stereocenters. The Morgan fingerprint density at radius 1 is 1.37 bits per heavy atom. The lowest BCUT2D eigenvalue weighted by Gasteiger charge is -2.19. The van der Waals surface area contributed by atoms with E-state index in [9.17, 15) is 18.0 Å². The second-order valence-corrected chi connectivity index (χ2v) is 5.54. The fourth-order valence-electron chi connectivity index (χ4n) is 1.06. The molecule has 1 heterocycles. The third kappa shape index (κ3) is 5.91. The Balaban J connectivity index is 2.62. The summed E-state index contributed by atoms with van der Waals surface area (Å²) in [5, 5.41) is -0.110. The van der Waals surface area contributed by atoms with Crippen LogP contribution in [0.15, 0.2) is 17.4 Å². The normalized spacial score (nSPS) is 12.3. The van der Waals surface area contributed by atoms with E-state index in [1.807, 2.05) is 0 Å². The largest absolute Gasteiger partial charge is 0.459 e. The molecule has 0 amide bonds. The van der Waals surface area contributed by atoms with E-state index in [4.69, 9.17) is 4.74 Å². The second kappa shape index (κ2) is 5.77. The summed E-state index contributed by atoms with van der Waals surface area (Å²) in [4.78, 5) is 18.4. The van der Waals surface area contributed by atoms with Crippen molar-refractivity contribution in [3.8, 4) is 0 Å². The highest BCUT2D eigenvalue weighted by Gasteiger charge is 2.32. The van der Waals surface area contributed by atoms with Crippen molar-refractivity contribution in [1.82, 2.24) is 9.97 Å². The molecule has 106 valence electrons. The zero-order valence-electron chi connectivity index (χ0n) is 10.6. The van der Waals surface area contributed by atoms with E-state index in [1.54, 1.807) is 20.8 Å². The Labute approximate surface area is 112 Å². The van der Waals surface area contributed by atoms with E-state index in [0.717, 1.165) is 24.0 Å². The van der Waals surface area contributed by atoms with Crippen LogP contribution in [0.2, 0.25) is 0 Å². The van der Waals surface area contributed by atoms with Gasteiger partial charge in [-0.2, -0.15) is 13.2 Å². The maximum Gasteiger partial charge on any atom is 0.433 e. The zero-order valence-corrected chi connectivity index (χ0v) is 11.4. The zero-order chi connectivity index (χ0) is 14.7. The van der Waals surface area contributed by atoms with Gasteiger partial charge in [0.25, 0.3) is 0 Å². The number of aromatic nitrogens is 2. The molecule has 0 bridgehead atoms. The molecule has 0 spiro atoms. The van der Waals surface area contributed by atoms with Crippen molar-refractivity contribution in [2.75, 3.05) is 5.75 Å². The number of hydrogen-bond acceptors (Lipinski definition) is 5. The maximum atomic E-state index is 12.4. The molecule has 4 nitrogen and oxygen atoms in total. The first-order valence-electron chi connectivity index (χ1n) is 5.33. The van der Waals surface area contributed by atoms with E-state index in [2.05, 4.69) is 9.97 Å². The predicted molar refractivity (Wildman–Crippen MR) is 63.6 cm³/mol. The van der Waals surface area contributed by atoms with Gasteiger partial charge in [-0.15, -0.1) is 0 Å². The van der Waals surface area contributed by atoms with Crippen molar-refractivity contribution in [2.45, 2.75) is 37.7 Å². The Kier molecular flexibility index (Phi) is 4.78. The first-order valence-corrected chi connectivity index (χ1v) is 6.31. The fourth-order valence-corrected chi connectivity index (χ4v) is 1.67. The van der Waals surface area contributed by atoms with Crippen LogP contribution < -0.4 is 0 Å². The average molecular weight is 294 g/mol. The van der Waals surface area contributed by atoms with E-state index in [1.165, 1.54) is 0 Å². The number of nitrogens with zero attached hydrogens (tertiary/aromatic N) is 2. The van der Waals surface area contributed by atoms with Crippen molar-refractivity contribution in [3.05, 3.63) is 18.0 Å². The van der Waals surface area contributed by atoms with Crippen molar-refractivity contribution in [3.63, 3.8) is 0 Å². The maximum absolute atomic E-state index is 12.4. The second-order valence-electron chi connectivity index (χ2n) is 4.60. The molecule has 0 unspecified atom stereocenters. The van der Waals surface area contributed by atoms with Crippen molar-refractivity contribution in [2.24, 2.45) is 0 Å². The summed E-state index contributed by atoms with van der Waals surface area (Å²) >= 11 is 0.803. The highest BCUT2D eigenvalue weighted by molar-refractivity contribution is 7.99. The van der Waals surface area contributed by atoms with Crippen LogP contribution in [-0.2, 0) is 15.7 Å². The third-order valence-electron chi connectivity index (χ3n) is 1.66. The van der Waals surface area contributed by atoms with Gasteiger partial charge in [-0.3, -0.25) is 4.79 Å². The quantitative estimate of drug-likeness (QED) is 0.487. The van der Waals surface area contributed by atoms with Gasteiger partial charge in [0.05, 0.1) is 5.75 Å². The molecule has 0 fully saturated rings. The van der Waals surface area contributed by atoms with Crippen LogP contribution in [0.1, 0.15) is 26.5 Å². The molecule has 0 N–H and O–H groups in total. The Hall–Kier alpha value is -1.31. The van der Waals surface area contributed by atoms with Gasteiger partial charge in [0.15, 0.2) is 5.16 Å². The van der Waals surface area contributed by atoms with Crippen molar-refractivity contribution in [1.29, 1.82) is 0 Å². The molecule has 0 aliphatic carbocycles. The molecule has 1 aromatic rings. The number of esters is 1. The number of alkyl halides is 3. The van der Waals surface area contributed by atoms with E-state index >= 15 is 0 Å². The van der Waals surface area contributed by atoms with E-state index in [0.29, 0.717) is 0 Å². The lowest BCUT2D eigenvalue weighted by Crippen LogP contribution is -2.25. The van der Waals surface area contributed by atoms with Gasteiger partial charge in [-0.05, 0) is 26.8 Å². The van der Waals surface area contributed by atoms with Gasteiger partial charge in [0.1, 0.15) is 11.3 Å². The minimum atomic E-state index is -4.52. The smallest absolute Gasteiger partial charge is 0.433 e. The van der Waals surface area contributed by atoms with Crippen molar-refractivity contribution < 1.29 is 22.7 Å². The highest BCUT2D eigenvalue weighted by atomic mass is 32.2. The summed E-state index contributed by atoms with van der Waals surface area (Å²) in [6, 6.07) is 0.775. The number of hydrogen-bond donors (Lipinski definition) is 0. The van der Waals surface area contributed by atoms with Crippen LogP contribution in [0.5, 0.6) is 0 Å². The topological polar surface area (TPSA) is 52.1 Å². The number of halogens is 3. The first-order chi connectivity index (χ1) is 8.58. The number of carbonyl (C=O) groups is 1. The summed E-state index contributed by atoms with van der Waals surface area (Å²) < 4.78 is 42.2. The van der Waals surface area contributed by atoms with Crippen LogP contribution in [0, 0.1) is 0 Å². The Morgan fingerprint density at radius 2 is 2.00 bits per heavy atom. The summed E-state index contributed by atoms with van der Waals surface area (Å²) in [6.07, 6.45) is -3.52. The monoisotopic (exact) mass is 294 g/mol. The molecule has 1 aromatic heterocycles. The molecule has 0 aliphatic heterocycles. The summed E-state index contributed by atoms with van der Waals surface area (Å²) in [5.74, 6) is -0.669. The molecule has 0 aromatic carbocycles. The molecular weight excluding hydrogens is 281 g/mol. The lowest BCUT2D eigenvalue weighted by atomic mass is 10.2.